The van der Waals surface area contributed by atoms with E-state index in [1.807, 2.05) is 19.1 Å². The van der Waals surface area contributed by atoms with Crippen LogP contribution in [0.1, 0.15) is 70.7 Å². The molecule has 0 aliphatic carbocycles. The Balaban J connectivity index is 2.62. The van der Waals surface area contributed by atoms with Crippen molar-refractivity contribution in [3.63, 3.8) is 0 Å². The van der Waals surface area contributed by atoms with E-state index in [9.17, 15) is 19.2 Å². The number of nitrogens with zero attached hydrogens (tertiary/aromatic N) is 1. The normalized spacial score (nSPS) is 12.9. The van der Waals surface area contributed by atoms with E-state index in [1.165, 1.54) is 4.90 Å². The van der Waals surface area contributed by atoms with Crippen molar-refractivity contribution >= 4 is 29.5 Å². The monoisotopic (exact) mass is 534 g/mol. The quantitative estimate of drug-likeness (QED) is 0.440. The second kappa shape index (κ2) is 12.5. The van der Waals surface area contributed by atoms with Crippen LogP contribution in [0.4, 0.5) is 10.5 Å². The fourth-order valence-corrected chi connectivity index (χ4v) is 3.96. The first kappa shape index (κ1) is 30.9. The molecule has 2 rings (SSSR count). The molecule has 4 amide bonds. The first-order chi connectivity index (χ1) is 18.0. The maximum Gasteiger partial charge on any atom is 0.408 e. The van der Waals surface area contributed by atoms with Crippen molar-refractivity contribution in [1.29, 1.82) is 0 Å². The maximum absolute atomic E-state index is 14.1. The minimum atomic E-state index is -1.38. The third-order valence-electron chi connectivity index (χ3n) is 5.66. The zero-order valence-corrected chi connectivity index (χ0v) is 23.6. The summed E-state index contributed by atoms with van der Waals surface area (Å²) in [6.07, 6.45) is 4.13. The van der Waals surface area contributed by atoms with Crippen LogP contribution in [0.25, 0.3) is 0 Å². The second-order valence-electron chi connectivity index (χ2n) is 11.2. The van der Waals surface area contributed by atoms with Crippen LogP contribution >= 0.6 is 0 Å². The summed E-state index contributed by atoms with van der Waals surface area (Å²) in [5, 5.41) is 5.39. The van der Waals surface area contributed by atoms with Crippen LogP contribution in [0.3, 0.4) is 0 Å². The molecule has 2 unspecified atom stereocenters. The van der Waals surface area contributed by atoms with Gasteiger partial charge in [0, 0.05) is 16.8 Å². The summed E-state index contributed by atoms with van der Waals surface area (Å²) in [4.78, 5) is 53.9. The number of para-hydroxylation sites is 1. The lowest BCUT2D eigenvalue weighted by molar-refractivity contribution is -0.147. The third kappa shape index (κ3) is 8.88. The number of rotatable bonds is 8. The highest BCUT2D eigenvalue weighted by Gasteiger charge is 2.42. The smallest absolute Gasteiger partial charge is 0.408 e. The minimum Gasteiger partial charge on any atom is -0.444 e. The Morgan fingerprint density at radius 2 is 1.59 bits per heavy atom. The van der Waals surface area contributed by atoms with E-state index in [1.54, 1.807) is 77.9 Å². The van der Waals surface area contributed by atoms with Crippen LogP contribution in [0.15, 0.2) is 48.5 Å². The lowest BCUT2D eigenvalue weighted by Crippen LogP contribution is -2.58. The molecule has 0 spiro atoms. The zero-order chi connectivity index (χ0) is 29.5. The fourth-order valence-electron chi connectivity index (χ4n) is 3.96. The number of primary amides is 1. The predicted molar refractivity (Wildman–Crippen MR) is 150 cm³/mol. The summed E-state index contributed by atoms with van der Waals surface area (Å²) in [6, 6.07) is 11.4. The highest BCUT2D eigenvalue weighted by molar-refractivity contribution is 6.00. The van der Waals surface area contributed by atoms with Crippen LogP contribution in [-0.2, 0) is 19.1 Å². The Hall–Kier alpha value is -4.32. The summed E-state index contributed by atoms with van der Waals surface area (Å²) >= 11 is 0. The molecular weight excluding hydrogens is 496 g/mol. The van der Waals surface area contributed by atoms with Crippen molar-refractivity contribution in [2.24, 2.45) is 5.73 Å². The molecule has 2 atom stereocenters. The van der Waals surface area contributed by atoms with E-state index in [2.05, 4.69) is 16.6 Å². The number of anilines is 1. The highest BCUT2D eigenvalue weighted by Crippen LogP contribution is 2.32. The predicted octanol–water partition coefficient (Wildman–Crippen LogP) is 4.05. The Morgan fingerprint density at radius 1 is 1.00 bits per heavy atom. The number of nitrogens with two attached hydrogens (primary N) is 1. The molecule has 0 heterocycles. The lowest BCUT2D eigenvalue weighted by Gasteiger charge is -2.43. The van der Waals surface area contributed by atoms with E-state index in [0.717, 1.165) is 5.56 Å². The summed E-state index contributed by atoms with van der Waals surface area (Å²) in [5.41, 5.74) is 6.15. The first-order valence-electron chi connectivity index (χ1n) is 12.6. The van der Waals surface area contributed by atoms with Crippen LogP contribution < -0.4 is 16.4 Å². The summed E-state index contributed by atoms with van der Waals surface area (Å²) in [5.74, 6) is 0.558. The van der Waals surface area contributed by atoms with Crippen LogP contribution in [0.2, 0.25) is 0 Å². The number of nitrogens with one attached hydrogen (secondary N) is 2. The molecule has 208 valence electrons. The van der Waals surface area contributed by atoms with Gasteiger partial charge in [0.1, 0.15) is 17.7 Å². The van der Waals surface area contributed by atoms with Crippen LogP contribution in [-0.4, -0.2) is 45.9 Å². The molecule has 0 fully saturated rings. The van der Waals surface area contributed by atoms with Gasteiger partial charge in [0.15, 0.2) is 0 Å². The lowest BCUT2D eigenvalue weighted by atomic mass is 9.94. The molecule has 9 nitrogen and oxygen atoms in total. The molecule has 2 aromatic carbocycles. The number of hydrogen-bond donors (Lipinski definition) is 3. The van der Waals surface area contributed by atoms with Gasteiger partial charge in [0.2, 0.25) is 11.8 Å². The number of aryl methyl sites for hydroxylation is 1. The van der Waals surface area contributed by atoms with Crippen molar-refractivity contribution in [2.45, 2.75) is 78.1 Å². The van der Waals surface area contributed by atoms with Gasteiger partial charge in [0.25, 0.3) is 5.91 Å². The topological polar surface area (TPSA) is 131 Å². The first-order valence-corrected chi connectivity index (χ1v) is 12.6. The third-order valence-corrected chi connectivity index (χ3v) is 5.66. The Bertz CT molecular complexity index is 1250. The molecule has 0 aliphatic rings. The standard InChI is InChI=1S/C30H38N4O5/c1-9-20-14-16-21(17-15-20)25(26(36)32-22-13-11-10-12-19(22)2)34(29(3,4)5)27(37)23(18-24(31)35)33-28(38)39-30(6,7)8/h1,10-17,23,25H,18H2,2-8H3,(H2,31,35)(H,32,36)(H,33,38). The van der Waals surface area contributed by atoms with E-state index >= 15 is 0 Å². The molecule has 0 aromatic heterocycles. The Morgan fingerprint density at radius 3 is 2.08 bits per heavy atom. The fraction of sp³-hybridized carbons (Fsp3) is 0.400. The van der Waals surface area contributed by atoms with Gasteiger partial charge in [0.05, 0.1) is 6.42 Å². The Kier molecular flexibility index (Phi) is 9.89. The molecule has 0 saturated heterocycles. The molecule has 4 N–H and O–H groups in total. The number of terminal acetylenes is 1. The molecule has 0 aliphatic heterocycles. The van der Waals surface area contributed by atoms with Gasteiger partial charge in [-0.05, 0) is 77.8 Å². The molecular formula is C30H38N4O5. The van der Waals surface area contributed by atoms with E-state index in [4.69, 9.17) is 16.9 Å². The van der Waals surface area contributed by atoms with Crippen LogP contribution in [0, 0.1) is 19.3 Å². The zero-order valence-electron chi connectivity index (χ0n) is 23.6. The van der Waals surface area contributed by atoms with Crippen molar-refractivity contribution in [2.75, 3.05) is 5.32 Å². The summed E-state index contributed by atoms with van der Waals surface area (Å²) in [7, 11) is 0. The van der Waals surface area contributed by atoms with Gasteiger partial charge >= 0.3 is 6.09 Å². The summed E-state index contributed by atoms with van der Waals surface area (Å²) in [6.45, 7) is 12.1. The average Bonchev–Trinajstić information content (AvgIpc) is 2.81. The number of carbonyl (C=O) groups excluding carboxylic acids is 4. The summed E-state index contributed by atoms with van der Waals surface area (Å²) < 4.78 is 5.30. The van der Waals surface area contributed by atoms with E-state index in [-0.39, 0.29) is 0 Å². The highest BCUT2D eigenvalue weighted by atomic mass is 16.6. The number of amides is 4. The van der Waals surface area contributed by atoms with Crippen molar-refractivity contribution in [3.8, 4) is 12.3 Å². The van der Waals surface area contributed by atoms with E-state index in [0.29, 0.717) is 16.8 Å². The molecule has 39 heavy (non-hydrogen) atoms. The Labute approximate surface area is 230 Å². The molecule has 9 heteroatoms. The number of alkyl carbamates (subject to hydrolysis) is 1. The molecule has 0 bridgehead atoms. The average molecular weight is 535 g/mol. The number of hydrogen-bond acceptors (Lipinski definition) is 5. The van der Waals surface area contributed by atoms with Gasteiger partial charge in [-0.15, -0.1) is 6.42 Å². The molecule has 0 radical (unpaired) electrons. The largest absolute Gasteiger partial charge is 0.444 e. The van der Waals surface area contributed by atoms with Crippen LogP contribution in [0.5, 0.6) is 0 Å². The van der Waals surface area contributed by atoms with Gasteiger partial charge < -0.3 is 26.0 Å². The van der Waals surface area contributed by atoms with Gasteiger partial charge in [-0.1, -0.05) is 36.3 Å². The van der Waals surface area contributed by atoms with Gasteiger partial charge in [-0.2, -0.15) is 0 Å². The van der Waals surface area contributed by atoms with Crippen molar-refractivity contribution < 1.29 is 23.9 Å². The molecule has 2 aromatic rings. The van der Waals surface area contributed by atoms with Gasteiger partial charge in [-0.25, -0.2) is 4.79 Å². The number of benzene rings is 2. The minimum absolute atomic E-state index is 0.485. The van der Waals surface area contributed by atoms with Gasteiger partial charge in [-0.3, -0.25) is 14.4 Å². The second-order valence-corrected chi connectivity index (χ2v) is 11.2. The number of carbonyl (C=O) groups is 4. The number of ether oxygens (including phenoxy) is 1. The van der Waals surface area contributed by atoms with Crippen molar-refractivity contribution in [1.82, 2.24) is 10.2 Å². The molecule has 0 saturated carbocycles. The SMILES string of the molecule is C#Cc1ccc(C(C(=O)Nc2ccccc2C)N(C(=O)C(CC(N)=O)NC(=O)OC(C)(C)C)C(C)(C)C)cc1. The van der Waals surface area contributed by atoms with Crippen molar-refractivity contribution in [3.05, 3.63) is 65.2 Å². The van der Waals surface area contributed by atoms with E-state index < -0.39 is 53.5 Å². The maximum atomic E-state index is 14.1.